The normalized spacial score (nSPS) is 12.1. The average molecular weight is 578 g/mol. The molecule has 6 aromatic carbocycles. The van der Waals surface area contributed by atoms with E-state index < -0.39 is 0 Å². The molecule has 0 aliphatic heterocycles. The van der Waals surface area contributed by atoms with Gasteiger partial charge in [-0.25, -0.2) is 0 Å². The van der Waals surface area contributed by atoms with Crippen molar-refractivity contribution in [1.82, 2.24) is 13.7 Å². The van der Waals surface area contributed by atoms with Gasteiger partial charge in [0.25, 0.3) is 0 Å². The van der Waals surface area contributed by atoms with Crippen LogP contribution in [0.15, 0.2) is 146 Å². The van der Waals surface area contributed by atoms with E-state index in [-0.39, 0.29) is 0 Å². The Bertz CT molecular complexity index is 2540. The molecule has 9 rings (SSSR count). The number of rotatable bonds is 4. The van der Waals surface area contributed by atoms with E-state index in [1.165, 1.54) is 65.8 Å². The largest absolute Gasteiger partial charge is 0.311 e. The number of para-hydroxylation sites is 4. The minimum atomic E-state index is 1.15. The van der Waals surface area contributed by atoms with Crippen LogP contribution in [0.3, 0.4) is 0 Å². The predicted octanol–water partition coefficient (Wildman–Crippen LogP) is 11.2. The number of benzene rings is 6. The van der Waals surface area contributed by atoms with Crippen molar-refractivity contribution in [2.45, 2.75) is 13.8 Å². The summed E-state index contributed by atoms with van der Waals surface area (Å²) < 4.78 is 7.28. The third kappa shape index (κ3) is 3.64. The Hall–Kier alpha value is -5.80. The van der Waals surface area contributed by atoms with Gasteiger partial charge in [-0.1, -0.05) is 97.1 Å². The van der Waals surface area contributed by atoms with E-state index in [0.717, 1.165) is 17.1 Å². The maximum Gasteiger partial charge on any atom is 0.0788 e. The van der Waals surface area contributed by atoms with Gasteiger partial charge < -0.3 is 13.7 Å². The molecule has 9 aromatic rings. The zero-order chi connectivity index (χ0) is 30.1. The van der Waals surface area contributed by atoms with E-state index in [0.29, 0.717) is 0 Å². The number of allylic oxidation sites excluding steroid dienone is 1. The van der Waals surface area contributed by atoms with Crippen LogP contribution in [-0.4, -0.2) is 13.7 Å². The van der Waals surface area contributed by atoms with Crippen LogP contribution < -0.4 is 0 Å². The lowest BCUT2D eigenvalue weighted by Crippen LogP contribution is -2.01. The zero-order valence-corrected chi connectivity index (χ0v) is 25.3. The molecule has 0 bridgehead atoms. The van der Waals surface area contributed by atoms with Crippen molar-refractivity contribution in [3.63, 3.8) is 0 Å². The maximum atomic E-state index is 2.46. The molecular weight excluding hydrogens is 546 g/mol. The highest BCUT2D eigenvalue weighted by atomic mass is 15.1. The van der Waals surface area contributed by atoms with Crippen molar-refractivity contribution in [2.24, 2.45) is 0 Å². The first kappa shape index (κ1) is 25.7. The molecule has 3 heterocycles. The van der Waals surface area contributed by atoms with Crippen LogP contribution in [0.5, 0.6) is 0 Å². The van der Waals surface area contributed by atoms with Crippen LogP contribution in [0, 0.1) is 6.92 Å². The molecule has 0 saturated carbocycles. The van der Waals surface area contributed by atoms with Gasteiger partial charge in [0.05, 0.1) is 27.6 Å². The number of fused-ring (bicyclic) bond motifs is 8. The Morgan fingerprint density at radius 2 is 0.844 bits per heavy atom. The van der Waals surface area contributed by atoms with Crippen molar-refractivity contribution in [3.05, 3.63) is 157 Å². The first-order valence-electron chi connectivity index (χ1n) is 15.6. The topological polar surface area (TPSA) is 14.8 Å². The standard InChI is InChI=1S/C42H31N3/c1-3-13-32-28(2)43(30-22-24-31(25-23-30)44-38-19-10-7-16-33(38)34-17-8-11-20-39(34)44)41-36(32)26-27-37-35-18-9-12-21-40(35)45(42(37)41)29-14-5-4-6-15-29/h3-27H,1-2H3/b13-3-. The molecule has 0 radical (unpaired) electrons. The molecule has 0 fully saturated rings. The molecule has 0 amide bonds. The minimum absolute atomic E-state index is 1.15. The van der Waals surface area contributed by atoms with Gasteiger partial charge in [-0.15, -0.1) is 0 Å². The van der Waals surface area contributed by atoms with Crippen molar-refractivity contribution in [3.8, 4) is 17.1 Å². The van der Waals surface area contributed by atoms with Crippen LogP contribution in [0.4, 0.5) is 0 Å². The summed E-state index contributed by atoms with van der Waals surface area (Å²) in [7, 11) is 0. The molecule has 0 unspecified atom stereocenters. The van der Waals surface area contributed by atoms with Gasteiger partial charge >= 0.3 is 0 Å². The highest BCUT2D eigenvalue weighted by molar-refractivity contribution is 6.19. The predicted molar refractivity (Wildman–Crippen MR) is 191 cm³/mol. The first-order valence-corrected chi connectivity index (χ1v) is 15.6. The Kier molecular flexibility index (Phi) is 5.63. The number of aromatic nitrogens is 3. The molecule has 0 aliphatic carbocycles. The Morgan fingerprint density at radius 1 is 0.400 bits per heavy atom. The van der Waals surface area contributed by atoms with Gasteiger partial charge in [0.15, 0.2) is 0 Å². The highest BCUT2D eigenvalue weighted by Gasteiger charge is 2.22. The molecule has 0 saturated heterocycles. The zero-order valence-electron chi connectivity index (χ0n) is 25.3. The third-order valence-electron chi connectivity index (χ3n) is 9.34. The summed E-state index contributed by atoms with van der Waals surface area (Å²) >= 11 is 0. The molecule has 0 spiro atoms. The summed E-state index contributed by atoms with van der Waals surface area (Å²) in [6.45, 7) is 4.35. The van der Waals surface area contributed by atoms with Crippen LogP contribution in [-0.2, 0) is 0 Å². The lowest BCUT2D eigenvalue weighted by Gasteiger charge is -2.14. The van der Waals surface area contributed by atoms with E-state index in [1.54, 1.807) is 0 Å². The summed E-state index contributed by atoms with van der Waals surface area (Å²) in [4.78, 5) is 0. The van der Waals surface area contributed by atoms with E-state index >= 15 is 0 Å². The first-order chi connectivity index (χ1) is 22.2. The van der Waals surface area contributed by atoms with Gasteiger partial charge in [0, 0.05) is 55.3 Å². The van der Waals surface area contributed by atoms with Gasteiger partial charge in [-0.2, -0.15) is 0 Å². The van der Waals surface area contributed by atoms with Gasteiger partial charge in [0.2, 0.25) is 0 Å². The van der Waals surface area contributed by atoms with Crippen molar-refractivity contribution < 1.29 is 0 Å². The van der Waals surface area contributed by atoms with Gasteiger partial charge in [0.1, 0.15) is 0 Å². The maximum absolute atomic E-state index is 2.46. The second kappa shape index (κ2) is 9.87. The Morgan fingerprint density at radius 3 is 1.44 bits per heavy atom. The van der Waals surface area contributed by atoms with Crippen LogP contribution in [0.25, 0.3) is 77.7 Å². The van der Waals surface area contributed by atoms with Gasteiger partial charge in [-0.05, 0) is 68.4 Å². The second-order valence-electron chi connectivity index (χ2n) is 11.8. The van der Waals surface area contributed by atoms with E-state index in [1.807, 2.05) is 0 Å². The molecule has 0 N–H and O–H groups in total. The number of nitrogens with zero attached hydrogens (tertiary/aromatic N) is 3. The number of hydrogen-bond acceptors (Lipinski definition) is 0. The summed E-state index contributed by atoms with van der Waals surface area (Å²) in [5, 5.41) is 6.32. The molecule has 3 aromatic heterocycles. The van der Waals surface area contributed by atoms with Crippen molar-refractivity contribution in [1.29, 1.82) is 0 Å². The molecule has 0 aliphatic rings. The monoisotopic (exact) mass is 577 g/mol. The Balaban J connectivity index is 1.35. The summed E-state index contributed by atoms with van der Waals surface area (Å²) in [6.07, 6.45) is 4.40. The second-order valence-corrected chi connectivity index (χ2v) is 11.8. The van der Waals surface area contributed by atoms with Crippen LogP contribution in [0.2, 0.25) is 0 Å². The summed E-state index contributed by atoms with van der Waals surface area (Å²) in [5.74, 6) is 0. The fourth-order valence-electron chi connectivity index (χ4n) is 7.46. The minimum Gasteiger partial charge on any atom is -0.311 e. The molecule has 3 nitrogen and oxygen atoms in total. The lowest BCUT2D eigenvalue weighted by atomic mass is 10.1. The van der Waals surface area contributed by atoms with E-state index in [4.69, 9.17) is 0 Å². The van der Waals surface area contributed by atoms with Crippen molar-refractivity contribution >= 4 is 60.6 Å². The van der Waals surface area contributed by atoms with Crippen LogP contribution >= 0.6 is 0 Å². The quantitative estimate of drug-likeness (QED) is 0.198. The summed E-state index contributed by atoms with van der Waals surface area (Å²) in [6, 6.07) is 50.6. The SMILES string of the molecule is C/C=C\c1c(C)n(-c2ccc(-n3c4ccccc4c4ccccc43)cc2)c2c1ccc1c3ccccc3n(-c3ccccc3)c12. The molecule has 0 atom stereocenters. The molecule has 214 valence electrons. The summed E-state index contributed by atoms with van der Waals surface area (Å²) in [5.41, 5.74) is 12.1. The highest BCUT2D eigenvalue weighted by Crippen LogP contribution is 2.41. The van der Waals surface area contributed by atoms with E-state index in [9.17, 15) is 0 Å². The fourth-order valence-corrected chi connectivity index (χ4v) is 7.46. The van der Waals surface area contributed by atoms with E-state index in [2.05, 4.69) is 179 Å². The third-order valence-corrected chi connectivity index (χ3v) is 9.34. The lowest BCUT2D eigenvalue weighted by molar-refractivity contribution is 1.04. The molecular formula is C42H31N3. The Labute approximate surface area is 261 Å². The molecule has 45 heavy (non-hydrogen) atoms. The van der Waals surface area contributed by atoms with Gasteiger partial charge in [-0.3, -0.25) is 0 Å². The average Bonchev–Trinajstić information content (AvgIpc) is 3.71. The molecule has 3 heteroatoms. The number of hydrogen-bond donors (Lipinski definition) is 0. The smallest absolute Gasteiger partial charge is 0.0788 e. The van der Waals surface area contributed by atoms with Crippen LogP contribution in [0.1, 0.15) is 18.2 Å². The van der Waals surface area contributed by atoms with Crippen molar-refractivity contribution in [2.75, 3.05) is 0 Å². The fraction of sp³-hybridized carbons (Fsp3) is 0.0476.